The molecule has 0 bridgehead atoms. The average molecular weight is 400 g/mol. The Morgan fingerprint density at radius 2 is 1.89 bits per heavy atom. The van der Waals surface area contributed by atoms with Gasteiger partial charge in [0, 0.05) is 16.8 Å². The summed E-state index contributed by atoms with van der Waals surface area (Å²) < 4.78 is 0. The third-order valence-corrected chi connectivity index (χ3v) is 5.66. The molecule has 1 aromatic heterocycles. The van der Waals surface area contributed by atoms with Gasteiger partial charge in [-0.1, -0.05) is 41.9 Å². The first-order valence-corrected chi connectivity index (χ1v) is 10.2. The first-order valence-electron chi connectivity index (χ1n) is 8.64. The van der Waals surface area contributed by atoms with Gasteiger partial charge in [-0.15, -0.1) is 11.8 Å². The third-order valence-electron chi connectivity index (χ3n) is 4.36. The lowest BCUT2D eigenvalue weighted by Crippen LogP contribution is -2.30. The van der Waals surface area contributed by atoms with Crippen LogP contribution in [0.2, 0.25) is 5.02 Å². The van der Waals surface area contributed by atoms with Crippen molar-refractivity contribution in [1.29, 1.82) is 0 Å². The molecule has 3 rings (SSSR count). The summed E-state index contributed by atoms with van der Waals surface area (Å²) in [6, 6.07) is 15.7. The van der Waals surface area contributed by atoms with Crippen molar-refractivity contribution in [3.05, 3.63) is 64.8 Å². The molecule has 27 heavy (non-hydrogen) atoms. The number of nitrogens with one attached hydrogen (secondary N) is 1. The van der Waals surface area contributed by atoms with Gasteiger partial charge < -0.3 is 5.32 Å². The van der Waals surface area contributed by atoms with Gasteiger partial charge in [-0.05, 0) is 44.0 Å². The fourth-order valence-corrected chi connectivity index (χ4v) is 3.77. The lowest BCUT2D eigenvalue weighted by atomic mass is 10.1. The number of carbonyl (C=O) groups is 1. The van der Waals surface area contributed by atoms with Crippen LogP contribution in [-0.2, 0) is 11.3 Å². The summed E-state index contributed by atoms with van der Waals surface area (Å²) >= 11 is 8.14. The Bertz CT molecular complexity index is 977. The summed E-state index contributed by atoms with van der Waals surface area (Å²) in [4.78, 5) is 20.1. The number of hydrogen-bond acceptors (Lipinski definition) is 4. The van der Waals surface area contributed by atoms with Gasteiger partial charge in [0.2, 0.25) is 5.91 Å². The minimum Gasteiger partial charge on any atom is -0.324 e. The number of benzene rings is 2. The first kappa shape index (κ1) is 19.7. The Balaban J connectivity index is 1.70. The molecular formula is C21H22ClN3OS. The smallest absolute Gasteiger partial charge is 0.238 e. The maximum atomic E-state index is 12.4. The van der Waals surface area contributed by atoms with Crippen LogP contribution in [0.1, 0.15) is 11.3 Å². The van der Waals surface area contributed by atoms with Gasteiger partial charge in [-0.2, -0.15) is 0 Å². The number of aromatic nitrogens is 1. The van der Waals surface area contributed by atoms with Gasteiger partial charge in [0.1, 0.15) is 0 Å². The van der Waals surface area contributed by atoms with Crippen molar-refractivity contribution in [2.45, 2.75) is 18.4 Å². The lowest BCUT2D eigenvalue weighted by molar-refractivity contribution is -0.117. The minimum atomic E-state index is -0.0624. The van der Waals surface area contributed by atoms with Crippen LogP contribution in [0.4, 0.5) is 5.69 Å². The van der Waals surface area contributed by atoms with E-state index in [1.165, 1.54) is 0 Å². The minimum absolute atomic E-state index is 0.0624. The molecule has 6 heteroatoms. The summed E-state index contributed by atoms with van der Waals surface area (Å²) in [6.07, 6.45) is 1.99. The number of para-hydroxylation sites is 2. The zero-order valence-corrected chi connectivity index (χ0v) is 17.2. The van der Waals surface area contributed by atoms with E-state index in [1.54, 1.807) is 11.8 Å². The average Bonchev–Trinajstić information content (AvgIpc) is 2.66. The quantitative estimate of drug-likeness (QED) is 0.593. The van der Waals surface area contributed by atoms with Gasteiger partial charge in [-0.3, -0.25) is 9.69 Å². The number of fused-ring (bicyclic) bond motifs is 1. The summed E-state index contributed by atoms with van der Waals surface area (Å²) in [5.41, 5.74) is 3.55. The standard InChI is InChI=1S/C21H22ClN3OS/c1-14-15-8-4-5-9-16(15)23-18(21(14)22)12-25(2)13-20(26)24-17-10-6-7-11-19(17)27-3/h4-11H,12-13H2,1-3H3,(H,24,26). The zero-order chi connectivity index (χ0) is 19.4. The number of aryl methyl sites for hydroxylation is 1. The third kappa shape index (κ3) is 4.61. The molecular weight excluding hydrogens is 378 g/mol. The van der Waals surface area contributed by atoms with E-state index in [1.807, 2.05) is 73.7 Å². The topological polar surface area (TPSA) is 45.2 Å². The van der Waals surface area contributed by atoms with Crippen LogP contribution in [0.3, 0.4) is 0 Å². The van der Waals surface area contributed by atoms with Crippen molar-refractivity contribution in [3.8, 4) is 0 Å². The highest BCUT2D eigenvalue weighted by Gasteiger charge is 2.14. The molecule has 0 radical (unpaired) electrons. The number of halogens is 1. The molecule has 0 saturated carbocycles. The molecule has 0 spiro atoms. The van der Waals surface area contributed by atoms with E-state index in [0.29, 0.717) is 11.6 Å². The Kier molecular flexibility index (Phi) is 6.37. The number of amides is 1. The number of carbonyl (C=O) groups excluding carboxylic acids is 1. The van der Waals surface area contributed by atoms with Crippen LogP contribution in [-0.4, -0.2) is 35.6 Å². The molecule has 0 unspecified atom stereocenters. The van der Waals surface area contributed by atoms with Crippen LogP contribution in [0.25, 0.3) is 10.9 Å². The van der Waals surface area contributed by atoms with Gasteiger partial charge in [0.05, 0.1) is 28.5 Å². The molecule has 3 aromatic rings. The highest BCUT2D eigenvalue weighted by atomic mass is 35.5. The number of anilines is 1. The van der Waals surface area contributed by atoms with Gasteiger partial charge in [0.25, 0.3) is 0 Å². The lowest BCUT2D eigenvalue weighted by Gasteiger charge is -2.18. The summed E-state index contributed by atoms with van der Waals surface area (Å²) in [6.45, 7) is 2.76. The first-order chi connectivity index (χ1) is 13.0. The Morgan fingerprint density at radius 3 is 2.67 bits per heavy atom. The van der Waals surface area contributed by atoms with Crippen molar-refractivity contribution in [2.75, 3.05) is 25.2 Å². The highest BCUT2D eigenvalue weighted by molar-refractivity contribution is 7.98. The maximum absolute atomic E-state index is 12.4. The second-order valence-corrected chi connectivity index (χ2v) is 7.66. The molecule has 1 amide bonds. The van der Waals surface area contributed by atoms with Crippen LogP contribution < -0.4 is 5.32 Å². The van der Waals surface area contributed by atoms with E-state index < -0.39 is 0 Å². The molecule has 0 aliphatic rings. The molecule has 0 saturated heterocycles. The normalized spacial score (nSPS) is 11.1. The molecule has 0 fully saturated rings. The van der Waals surface area contributed by atoms with Gasteiger partial charge in [-0.25, -0.2) is 4.98 Å². The molecule has 0 atom stereocenters. The van der Waals surface area contributed by atoms with E-state index in [9.17, 15) is 4.79 Å². The predicted molar refractivity (Wildman–Crippen MR) is 115 cm³/mol. The molecule has 1 N–H and O–H groups in total. The fourth-order valence-electron chi connectivity index (χ4n) is 3.02. The molecule has 2 aromatic carbocycles. The number of pyridine rings is 1. The van der Waals surface area contributed by atoms with E-state index >= 15 is 0 Å². The number of likely N-dealkylation sites (N-methyl/N-ethyl adjacent to an activating group) is 1. The largest absolute Gasteiger partial charge is 0.324 e. The number of thioether (sulfide) groups is 1. The Hall–Kier alpha value is -2.08. The number of hydrogen-bond donors (Lipinski definition) is 1. The van der Waals surface area contributed by atoms with Crippen molar-refractivity contribution in [2.24, 2.45) is 0 Å². The van der Waals surface area contributed by atoms with Crippen LogP contribution in [0.5, 0.6) is 0 Å². The SMILES string of the molecule is CSc1ccccc1NC(=O)CN(C)Cc1nc2ccccc2c(C)c1Cl. The van der Waals surface area contributed by atoms with Crippen molar-refractivity contribution in [1.82, 2.24) is 9.88 Å². The van der Waals surface area contributed by atoms with E-state index in [4.69, 9.17) is 11.6 Å². The number of nitrogens with zero attached hydrogens (tertiary/aromatic N) is 2. The van der Waals surface area contributed by atoms with Crippen molar-refractivity contribution >= 4 is 45.9 Å². The molecule has 4 nitrogen and oxygen atoms in total. The zero-order valence-electron chi connectivity index (χ0n) is 15.6. The van der Waals surface area contributed by atoms with E-state index in [-0.39, 0.29) is 12.5 Å². The monoisotopic (exact) mass is 399 g/mol. The summed E-state index contributed by atoms with van der Waals surface area (Å²) in [5, 5.41) is 4.70. The number of rotatable bonds is 6. The second-order valence-electron chi connectivity index (χ2n) is 6.44. The maximum Gasteiger partial charge on any atom is 0.238 e. The summed E-state index contributed by atoms with van der Waals surface area (Å²) in [7, 11) is 1.89. The molecule has 0 aliphatic carbocycles. The molecule has 140 valence electrons. The van der Waals surface area contributed by atoms with Crippen LogP contribution >= 0.6 is 23.4 Å². The molecule has 1 heterocycles. The Morgan fingerprint density at radius 1 is 1.19 bits per heavy atom. The highest BCUT2D eigenvalue weighted by Crippen LogP contribution is 2.28. The van der Waals surface area contributed by atoms with Gasteiger partial charge in [0.15, 0.2) is 0 Å². The fraction of sp³-hybridized carbons (Fsp3) is 0.238. The summed E-state index contributed by atoms with van der Waals surface area (Å²) in [5.74, 6) is -0.0624. The van der Waals surface area contributed by atoms with E-state index in [0.717, 1.165) is 32.7 Å². The predicted octanol–water partition coefficient (Wildman–Crippen LogP) is 4.99. The van der Waals surface area contributed by atoms with Crippen molar-refractivity contribution < 1.29 is 4.79 Å². The van der Waals surface area contributed by atoms with E-state index in [2.05, 4.69) is 10.3 Å². The van der Waals surface area contributed by atoms with Crippen LogP contribution in [0, 0.1) is 6.92 Å². The van der Waals surface area contributed by atoms with Crippen LogP contribution in [0.15, 0.2) is 53.4 Å². The van der Waals surface area contributed by atoms with Crippen molar-refractivity contribution in [3.63, 3.8) is 0 Å². The van der Waals surface area contributed by atoms with Gasteiger partial charge >= 0.3 is 0 Å². The Labute approximate surface area is 168 Å². The second kappa shape index (κ2) is 8.74. The molecule has 0 aliphatic heterocycles.